The largest absolute Gasteiger partial charge is 0.364 e. The fourth-order valence-electron chi connectivity index (χ4n) is 4.97. The van der Waals surface area contributed by atoms with Gasteiger partial charge in [-0.15, -0.1) is 0 Å². The van der Waals surface area contributed by atoms with E-state index in [0.29, 0.717) is 12.4 Å². The summed E-state index contributed by atoms with van der Waals surface area (Å²) in [5, 5.41) is 5.25. The highest BCUT2D eigenvalue weighted by molar-refractivity contribution is 6.30. The van der Waals surface area contributed by atoms with E-state index in [0.717, 1.165) is 62.3 Å². The minimum absolute atomic E-state index is 0.0525. The van der Waals surface area contributed by atoms with Crippen molar-refractivity contribution in [2.24, 2.45) is 0 Å². The van der Waals surface area contributed by atoms with Crippen molar-refractivity contribution in [3.8, 4) is 0 Å². The molecule has 1 saturated heterocycles. The van der Waals surface area contributed by atoms with Crippen molar-refractivity contribution < 1.29 is 4.74 Å². The number of rotatable bonds is 3. The van der Waals surface area contributed by atoms with Gasteiger partial charge in [0, 0.05) is 24.7 Å². The molecule has 0 radical (unpaired) electrons. The topological polar surface area (TPSA) is 69.4 Å². The van der Waals surface area contributed by atoms with E-state index < -0.39 is 16.7 Å². The molecule has 0 bridgehead atoms. The van der Waals surface area contributed by atoms with Crippen LogP contribution in [0.2, 0.25) is 5.02 Å². The molecule has 0 unspecified atom stereocenters. The Kier molecular flexibility index (Phi) is 4.84. The molecule has 1 saturated carbocycles. The second-order valence-corrected chi connectivity index (χ2v) is 8.99. The molecule has 7 nitrogen and oxygen atoms in total. The first-order valence-corrected chi connectivity index (χ1v) is 10.7. The Hall–Kier alpha value is -1.96. The van der Waals surface area contributed by atoms with E-state index in [1.165, 1.54) is 4.68 Å². The van der Waals surface area contributed by atoms with Crippen LogP contribution in [0.5, 0.6) is 0 Å². The molecule has 2 aliphatic heterocycles. The lowest BCUT2D eigenvalue weighted by molar-refractivity contribution is -0.0860. The van der Waals surface area contributed by atoms with Gasteiger partial charge in [0.15, 0.2) is 5.82 Å². The minimum Gasteiger partial charge on any atom is -0.364 e. The highest BCUT2D eigenvalue weighted by atomic mass is 35.5. The van der Waals surface area contributed by atoms with Crippen LogP contribution >= 0.6 is 11.6 Å². The van der Waals surface area contributed by atoms with Crippen molar-refractivity contribution in [3.05, 3.63) is 61.4 Å². The lowest BCUT2D eigenvalue weighted by Gasteiger charge is -2.35. The summed E-state index contributed by atoms with van der Waals surface area (Å²) in [4.78, 5) is 27.8. The predicted octanol–water partition coefficient (Wildman–Crippen LogP) is 2.35. The van der Waals surface area contributed by atoms with Gasteiger partial charge in [-0.3, -0.25) is 19.1 Å². The molecule has 8 heteroatoms. The van der Waals surface area contributed by atoms with Gasteiger partial charge in [0.2, 0.25) is 0 Å². The van der Waals surface area contributed by atoms with Crippen molar-refractivity contribution in [3.63, 3.8) is 0 Å². The summed E-state index contributed by atoms with van der Waals surface area (Å²) in [5.74, 6) is 0.570. The monoisotopic (exact) mass is 416 g/mol. The molecule has 2 aromatic rings. The third kappa shape index (κ3) is 3.56. The number of ether oxygens (including phenoxy) is 1. The van der Waals surface area contributed by atoms with E-state index in [1.54, 1.807) is 4.57 Å². The van der Waals surface area contributed by atoms with Gasteiger partial charge in [0.05, 0.1) is 12.6 Å². The van der Waals surface area contributed by atoms with Gasteiger partial charge in [0.25, 0.3) is 0 Å². The maximum absolute atomic E-state index is 12.8. The first-order valence-electron chi connectivity index (χ1n) is 10.4. The van der Waals surface area contributed by atoms with Crippen LogP contribution in [0.4, 0.5) is 0 Å². The molecule has 29 heavy (non-hydrogen) atoms. The quantitative estimate of drug-likeness (QED) is 0.718. The first-order chi connectivity index (χ1) is 14.0. The molecule has 1 aromatic heterocycles. The van der Waals surface area contributed by atoms with Crippen LogP contribution in [0.1, 0.15) is 49.5 Å². The number of likely N-dealkylation sites (tertiary alicyclic amines) is 1. The summed E-state index contributed by atoms with van der Waals surface area (Å²) in [5.41, 5.74) is -0.239. The number of hydrogen-bond donors (Lipinski definition) is 0. The second-order valence-electron chi connectivity index (χ2n) is 8.56. The smallest absolute Gasteiger partial charge is 0.332 e. The van der Waals surface area contributed by atoms with Crippen LogP contribution in [-0.2, 0) is 24.4 Å². The average molecular weight is 417 g/mol. The molecule has 0 amide bonds. The summed E-state index contributed by atoms with van der Waals surface area (Å²) >= 11 is 6.10. The molecule has 154 valence electrons. The molecule has 1 aromatic carbocycles. The number of benzene rings is 1. The standard InChI is InChI=1S/C21H25ClN4O3/c22-16-5-3-4-15(10-16)11-24-9-8-21(13-24)14-25-18(12-29-21)23-26(20(28)19(25)27)17-6-1-2-7-17/h3-5,10,17H,1-2,6-9,11-14H2/t21-/m0/s1. The van der Waals surface area contributed by atoms with Crippen molar-refractivity contribution in [2.75, 3.05) is 13.1 Å². The molecule has 3 heterocycles. The van der Waals surface area contributed by atoms with Crippen LogP contribution in [0, 0.1) is 0 Å². The van der Waals surface area contributed by atoms with Crippen molar-refractivity contribution >= 4 is 11.6 Å². The van der Waals surface area contributed by atoms with E-state index in [9.17, 15) is 9.59 Å². The van der Waals surface area contributed by atoms with Gasteiger partial charge in [-0.05, 0) is 37.0 Å². The van der Waals surface area contributed by atoms with Crippen molar-refractivity contribution in [2.45, 2.75) is 63.4 Å². The fourth-order valence-corrected chi connectivity index (χ4v) is 5.19. The minimum atomic E-state index is -0.494. The van der Waals surface area contributed by atoms with Crippen LogP contribution in [0.3, 0.4) is 0 Å². The van der Waals surface area contributed by atoms with E-state index in [-0.39, 0.29) is 12.6 Å². The Morgan fingerprint density at radius 2 is 2.00 bits per heavy atom. The lowest BCUT2D eigenvalue weighted by atomic mass is 10.0. The van der Waals surface area contributed by atoms with Crippen LogP contribution in [0.25, 0.3) is 0 Å². The highest BCUT2D eigenvalue weighted by Crippen LogP contribution is 2.32. The van der Waals surface area contributed by atoms with Crippen LogP contribution in [-0.4, -0.2) is 37.9 Å². The van der Waals surface area contributed by atoms with E-state index in [4.69, 9.17) is 16.3 Å². The zero-order valence-corrected chi connectivity index (χ0v) is 17.1. The van der Waals surface area contributed by atoms with E-state index in [2.05, 4.69) is 16.1 Å². The Bertz CT molecular complexity index is 1040. The number of aromatic nitrogens is 3. The Morgan fingerprint density at radius 1 is 1.17 bits per heavy atom. The Balaban J connectivity index is 1.36. The van der Waals surface area contributed by atoms with Gasteiger partial charge < -0.3 is 4.74 Å². The number of halogens is 1. The van der Waals surface area contributed by atoms with Crippen LogP contribution in [0.15, 0.2) is 33.9 Å². The fraction of sp³-hybridized carbons (Fsp3) is 0.571. The van der Waals surface area contributed by atoms with Crippen molar-refractivity contribution in [1.29, 1.82) is 0 Å². The Morgan fingerprint density at radius 3 is 2.79 bits per heavy atom. The number of nitrogens with zero attached hydrogens (tertiary/aromatic N) is 4. The summed E-state index contributed by atoms with van der Waals surface area (Å²) < 4.78 is 9.23. The van der Waals surface area contributed by atoms with Gasteiger partial charge in [-0.1, -0.05) is 36.6 Å². The summed E-state index contributed by atoms with van der Waals surface area (Å²) in [6, 6.07) is 7.92. The maximum atomic E-state index is 12.8. The zero-order valence-electron chi connectivity index (χ0n) is 16.3. The van der Waals surface area contributed by atoms with E-state index in [1.807, 2.05) is 18.2 Å². The highest BCUT2D eigenvalue weighted by Gasteiger charge is 2.43. The van der Waals surface area contributed by atoms with Gasteiger partial charge >= 0.3 is 11.1 Å². The third-order valence-corrected chi connectivity index (χ3v) is 6.72. The summed E-state index contributed by atoms with van der Waals surface area (Å²) in [7, 11) is 0. The van der Waals surface area contributed by atoms with Gasteiger partial charge in [-0.2, -0.15) is 5.10 Å². The molecule has 2 fully saturated rings. The molecular formula is C21H25ClN4O3. The first kappa shape index (κ1) is 19.0. The molecule has 0 N–H and O–H groups in total. The maximum Gasteiger partial charge on any atom is 0.332 e. The molecule has 1 aliphatic carbocycles. The molecule has 5 rings (SSSR count). The molecule has 1 atom stereocenters. The van der Waals surface area contributed by atoms with Gasteiger partial charge in [-0.25, -0.2) is 4.68 Å². The van der Waals surface area contributed by atoms with E-state index >= 15 is 0 Å². The Labute approximate surface area is 173 Å². The summed E-state index contributed by atoms with van der Waals surface area (Å²) in [6.45, 7) is 3.05. The zero-order chi connectivity index (χ0) is 20.0. The molecule has 3 aliphatic rings. The lowest BCUT2D eigenvalue weighted by Crippen LogP contribution is -2.53. The normalized spacial score (nSPS) is 25.0. The van der Waals surface area contributed by atoms with Crippen LogP contribution < -0.4 is 11.1 Å². The SMILES string of the molecule is O=c1c(=O)n2c(nn1C1CCCC1)CO[C@]1(CCN(Cc3cccc(Cl)c3)C1)C2. The molecule has 1 spiro atoms. The average Bonchev–Trinajstić information content (AvgIpc) is 3.36. The predicted molar refractivity (Wildman–Crippen MR) is 109 cm³/mol. The van der Waals surface area contributed by atoms with Crippen molar-refractivity contribution in [1.82, 2.24) is 19.2 Å². The second kappa shape index (κ2) is 7.38. The third-order valence-electron chi connectivity index (χ3n) is 6.49. The number of fused-ring (bicyclic) bond motifs is 1. The summed E-state index contributed by atoms with van der Waals surface area (Å²) in [6.07, 6.45) is 4.82. The number of hydrogen-bond acceptors (Lipinski definition) is 5. The van der Waals surface area contributed by atoms with Gasteiger partial charge in [0.1, 0.15) is 12.2 Å². The molecular weight excluding hydrogens is 392 g/mol.